The molecule has 3 rings (SSSR count). The molecule has 22 heavy (non-hydrogen) atoms. The Balaban J connectivity index is 1.89. The standard InChI is InChI=1S/C17H14N2O3/c18-14-4-5-15(19-11-14)13-3-1-2-12(10-13)6-7-17(21)8-9-22-16(17)20/h1-5,10-11,21H,8-9,18H2/t17-/m0/s1. The lowest BCUT2D eigenvalue weighted by atomic mass is 10.0. The van der Waals surface area contributed by atoms with E-state index in [0.29, 0.717) is 11.3 Å². The van der Waals surface area contributed by atoms with Crippen molar-refractivity contribution in [2.45, 2.75) is 12.0 Å². The maximum Gasteiger partial charge on any atom is 0.351 e. The van der Waals surface area contributed by atoms with Crippen LogP contribution in [0.3, 0.4) is 0 Å². The Bertz CT molecular complexity index is 774. The first-order valence-corrected chi connectivity index (χ1v) is 6.82. The number of ether oxygens (including phenoxy) is 1. The Labute approximate surface area is 127 Å². The maximum absolute atomic E-state index is 11.4. The summed E-state index contributed by atoms with van der Waals surface area (Å²) >= 11 is 0. The zero-order valence-corrected chi connectivity index (χ0v) is 11.7. The lowest BCUT2D eigenvalue weighted by Gasteiger charge is -2.08. The van der Waals surface area contributed by atoms with E-state index in [9.17, 15) is 9.90 Å². The van der Waals surface area contributed by atoms with Gasteiger partial charge >= 0.3 is 5.97 Å². The number of pyridine rings is 1. The highest BCUT2D eigenvalue weighted by Gasteiger charge is 2.41. The first-order chi connectivity index (χ1) is 10.6. The molecule has 1 fully saturated rings. The SMILES string of the molecule is Nc1ccc(-c2cccc(C#C[C@]3(O)CCOC3=O)c2)nc1. The summed E-state index contributed by atoms with van der Waals surface area (Å²) < 4.78 is 4.75. The molecule has 0 saturated carbocycles. The minimum atomic E-state index is -1.70. The molecular formula is C17H14N2O3. The maximum atomic E-state index is 11.4. The van der Waals surface area contributed by atoms with Crippen molar-refractivity contribution < 1.29 is 14.6 Å². The molecule has 1 saturated heterocycles. The Morgan fingerprint density at radius 2 is 2.18 bits per heavy atom. The quantitative estimate of drug-likeness (QED) is 0.612. The van der Waals surface area contributed by atoms with Gasteiger partial charge in [-0.2, -0.15) is 0 Å². The number of nitrogen functional groups attached to an aromatic ring is 1. The smallest absolute Gasteiger partial charge is 0.351 e. The van der Waals surface area contributed by atoms with Gasteiger partial charge in [0.2, 0.25) is 5.60 Å². The third-order valence-corrected chi connectivity index (χ3v) is 3.39. The van der Waals surface area contributed by atoms with Crippen molar-refractivity contribution in [2.75, 3.05) is 12.3 Å². The Hall–Kier alpha value is -2.84. The number of aromatic nitrogens is 1. The van der Waals surface area contributed by atoms with Crippen molar-refractivity contribution in [3.05, 3.63) is 48.2 Å². The van der Waals surface area contributed by atoms with Crippen LogP contribution in [0.1, 0.15) is 12.0 Å². The number of carbonyl (C=O) groups is 1. The van der Waals surface area contributed by atoms with Crippen LogP contribution in [0.2, 0.25) is 0 Å². The third-order valence-electron chi connectivity index (χ3n) is 3.39. The van der Waals surface area contributed by atoms with Crippen molar-refractivity contribution in [3.63, 3.8) is 0 Å². The minimum absolute atomic E-state index is 0.193. The largest absolute Gasteiger partial charge is 0.463 e. The molecule has 1 aliphatic heterocycles. The van der Waals surface area contributed by atoms with Crippen molar-refractivity contribution in [2.24, 2.45) is 0 Å². The van der Waals surface area contributed by atoms with Crippen LogP contribution in [0, 0.1) is 11.8 Å². The van der Waals surface area contributed by atoms with Gasteiger partial charge < -0.3 is 15.6 Å². The van der Waals surface area contributed by atoms with Gasteiger partial charge in [0.15, 0.2) is 0 Å². The molecular weight excluding hydrogens is 280 g/mol. The zero-order chi connectivity index (χ0) is 15.6. The number of carbonyl (C=O) groups excluding carboxylic acids is 1. The van der Waals surface area contributed by atoms with E-state index in [1.807, 2.05) is 24.3 Å². The van der Waals surface area contributed by atoms with Crippen LogP contribution < -0.4 is 5.73 Å². The van der Waals surface area contributed by atoms with Gasteiger partial charge in [-0.1, -0.05) is 24.0 Å². The molecule has 3 N–H and O–H groups in total. The number of cyclic esters (lactones) is 1. The van der Waals surface area contributed by atoms with Crippen LogP contribution in [0.25, 0.3) is 11.3 Å². The lowest BCUT2D eigenvalue weighted by molar-refractivity contribution is -0.148. The van der Waals surface area contributed by atoms with E-state index in [1.54, 1.807) is 18.3 Å². The summed E-state index contributed by atoms with van der Waals surface area (Å²) in [5.41, 5.74) is 6.86. The summed E-state index contributed by atoms with van der Waals surface area (Å²) in [6, 6.07) is 11.0. The summed E-state index contributed by atoms with van der Waals surface area (Å²) in [6.07, 6.45) is 1.78. The Morgan fingerprint density at radius 1 is 1.32 bits per heavy atom. The highest BCUT2D eigenvalue weighted by Crippen LogP contribution is 2.21. The summed E-state index contributed by atoms with van der Waals surface area (Å²) in [6.45, 7) is 0.194. The summed E-state index contributed by atoms with van der Waals surface area (Å²) in [7, 11) is 0. The van der Waals surface area contributed by atoms with Crippen LogP contribution in [0.4, 0.5) is 5.69 Å². The van der Waals surface area contributed by atoms with Crippen LogP contribution in [0.15, 0.2) is 42.6 Å². The summed E-state index contributed by atoms with van der Waals surface area (Å²) in [5, 5.41) is 10.1. The van der Waals surface area contributed by atoms with E-state index in [1.165, 1.54) is 0 Å². The molecule has 0 aliphatic carbocycles. The number of nitrogens with two attached hydrogens (primary N) is 1. The van der Waals surface area contributed by atoms with E-state index < -0.39 is 11.6 Å². The number of anilines is 1. The van der Waals surface area contributed by atoms with Gasteiger partial charge in [0, 0.05) is 17.5 Å². The zero-order valence-electron chi connectivity index (χ0n) is 11.7. The van der Waals surface area contributed by atoms with E-state index in [0.717, 1.165) is 11.3 Å². The van der Waals surface area contributed by atoms with Crippen LogP contribution in [-0.4, -0.2) is 28.3 Å². The first kappa shape index (κ1) is 14.1. The van der Waals surface area contributed by atoms with Crippen molar-refractivity contribution in [1.82, 2.24) is 4.98 Å². The predicted octanol–water partition coefficient (Wildman–Crippen LogP) is 1.36. The van der Waals surface area contributed by atoms with Gasteiger partial charge in [-0.15, -0.1) is 0 Å². The number of benzene rings is 1. The second-order valence-corrected chi connectivity index (χ2v) is 5.05. The third kappa shape index (κ3) is 2.78. The van der Waals surface area contributed by atoms with Crippen molar-refractivity contribution in [3.8, 4) is 23.1 Å². The van der Waals surface area contributed by atoms with Gasteiger partial charge in [0.05, 0.1) is 24.2 Å². The normalized spacial score (nSPS) is 20.1. The van der Waals surface area contributed by atoms with Gasteiger partial charge in [-0.05, 0) is 24.3 Å². The Morgan fingerprint density at radius 3 is 2.86 bits per heavy atom. The van der Waals surface area contributed by atoms with E-state index in [2.05, 4.69) is 16.8 Å². The van der Waals surface area contributed by atoms with E-state index >= 15 is 0 Å². The molecule has 5 nitrogen and oxygen atoms in total. The molecule has 5 heteroatoms. The number of esters is 1. The molecule has 0 bridgehead atoms. The molecule has 0 radical (unpaired) electrons. The molecule has 2 aromatic rings. The molecule has 1 aromatic carbocycles. The molecule has 1 aliphatic rings. The fourth-order valence-electron chi connectivity index (χ4n) is 2.13. The second-order valence-electron chi connectivity index (χ2n) is 5.05. The molecule has 0 unspecified atom stereocenters. The average molecular weight is 294 g/mol. The van der Waals surface area contributed by atoms with Crippen LogP contribution in [0.5, 0.6) is 0 Å². The molecule has 0 spiro atoms. The fourth-order valence-corrected chi connectivity index (χ4v) is 2.13. The van der Waals surface area contributed by atoms with Crippen LogP contribution in [-0.2, 0) is 9.53 Å². The van der Waals surface area contributed by atoms with Crippen molar-refractivity contribution in [1.29, 1.82) is 0 Å². The van der Waals surface area contributed by atoms with Gasteiger partial charge in [-0.25, -0.2) is 4.79 Å². The predicted molar refractivity (Wildman–Crippen MR) is 81.5 cm³/mol. The Kier molecular flexibility index (Phi) is 3.53. The highest BCUT2D eigenvalue weighted by molar-refractivity contribution is 5.85. The van der Waals surface area contributed by atoms with Crippen LogP contribution >= 0.6 is 0 Å². The number of aliphatic hydroxyl groups is 1. The number of hydrogen-bond donors (Lipinski definition) is 2. The molecule has 2 heterocycles. The van der Waals surface area contributed by atoms with Gasteiger partial charge in [-0.3, -0.25) is 4.98 Å². The fraction of sp³-hybridized carbons (Fsp3) is 0.176. The summed E-state index contributed by atoms with van der Waals surface area (Å²) in [5.74, 6) is 4.74. The monoisotopic (exact) mass is 294 g/mol. The van der Waals surface area contributed by atoms with Gasteiger partial charge in [0.1, 0.15) is 0 Å². The number of hydrogen-bond acceptors (Lipinski definition) is 5. The molecule has 1 aromatic heterocycles. The average Bonchev–Trinajstić information content (AvgIpc) is 2.86. The number of nitrogens with zero attached hydrogens (tertiary/aromatic N) is 1. The molecule has 0 amide bonds. The molecule has 1 atom stereocenters. The van der Waals surface area contributed by atoms with E-state index in [4.69, 9.17) is 10.5 Å². The molecule has 110 valence electrons. The van der Waals surface area contributed by atoms with Gasteiger partial charge in [0.25, 0.3) is 0 Å². The minimum Gasteiger partial charge on any atom is -0.463 e. The number of rotatable bonds is 1. The first-order valence-electron chi connectivity index (χ1n) is 6.82. The topological polar surface area (TPSA) is 85.4 Å². The highest BCUT2D eigenvalue weighted by atomic mass is 16.6. The van der Waals surface area contributed by atoms with E-state index in [-0.39, 0.29) is 13.0 Å². The lowest BCUT2D eigenvalue weighted by Crippen LogP contribution is -2.31. The summed E-state index contributed by atoms with van der Waals surface area (Å²) in [4.78, 5) is 15.7. The second kappa shape index (κ2) is 5.51. The van der Waals surface area contributed by atoms with Crippen molar-refractivity contribution >= 4 is 11.7 Å².